The quantitative estimate of drug-likeness (QED) is 0.834. The largest absolute Gasteiger partial charge is 0.333 e. The number of carbonyl (C=O) groups is 1. The molecule has 1 fully saturated rings. The van der Waals surface area contributed by atoms with Gasteiger partial charge in [-0.05, 0) is 18.8 Å². The van der Waals surface area contributed by atoms with Gasteiger partial charge in [-0.25, -0.2) is 18.1 Å². The Morgan fingerprint density at radius 3 is 2.86 bits per heavy atom. The van der Waals surface area contributed by atoms with E-state index >= 15 is 0 Å². The average Bonchev–Trinajstić information content (AvgIpc) is 3.12. The lowest BCUT2D eigenvalue weighted by Crippen LogP contribution is -2.38. The number of aromatic nitrogens is 2. The maximum atomic E-state index is 12.1. The first-order valence-corrected chi connectivity index (χ1v) is 9.07. The summed E-state index contributed by atoms with van der Waals surface area (Å²) in [4.78, 5) is 18.4. The molecule has 1 aliphatic carbocycles. The molecule has 0 unspecified atom stereocenters. The number of rotatable bonds is 5. The Morgan fingerprint density at radius 2 is 2.19 bits per heavy atom. The maximum absolute atomic E-state index is 12.1. The lowest BCUT2D eigenvalue weighted by Gasteiger charge is -2.27. The molecule has 116 valence electrons. The summed E-state index contributed by atoms with van der Waals surface area (Å²) in [7, 11) is -3.22. The van der Waals surface area contributed by atoms with Gasteiger partial charge in [0.2, 0.25) is 15.9 Å². The van der Waals surface area contributed by atoms with Crippen LogP contribution >= 0.6 is 0 Å². The van der Waals surface area contributed by atoms with E-state index in [1.807, 2.05) is 15.7 Å². The second-order valence-electron chi connectivity index (χ2n) is 5.90. The lowest BCUT2D eigenvalue weighted by molar-refractivity contribution is -0.133. The number of carbonyl (C=O) groups excluding carboxylic acids is 1. The van der Waals surface area contributed by atoms with E-state index in [4.69, 9.17) is 0 Å². The van der Waals surface area contributed by atoms with Gasteiger partial charge in [0, 0.05) is 25.7 Å². The van der Waals surface area contributed by atoms with Crippen LogP contribution in [0.15, 0.2) is 6.20 Å². The highest BCUT2D eigenvalue weighted by Crippen LogP contribution is 2.33. The van der Waals surface area contributed by atoms with E-state index in [0.717, 1.165) is 18.6 Å². The number of fused-ring (bicyclic) bond motifs is 1. The number of amides is 1. The van der Waals surface area contributed by atoms with Crippen molar-refractivity contribution in [3.05, 3.63) is 17.7 Å². The Bertz CT molecular complexity index is 648. The average molecular weight is 312 g/mol. The van der Waals surface area contributed by atoms with Crippen molar-refractivity contribution in [3.8, 4) is 0 Å². The van der Waals surface area contributed by atoms with Gasteiger partial charge in [-0.1, -0.05) is 0 Å². The molecule has 0 spiro atoms. The Hall–Kier alpha value is -1.41. The standard InChI is InChI=1S/C13H20N4O3S/c1-21(19,20)14-7-11-8-16-4-5-17(9-12(16)15-11)13(18)6-10-2-3-10/h8,10,14H,2-7,9H2,1H3. The van der Waals surface area contributed by atoms with Crippen molar-refractivity contribution in [2.24, 2.45) is 5.92 Å². The van der Waals surface area contributed by atoms with Crippen LogP contribution in [0.4, 0.5) is 0 Å². The molecule has 7 nitrogen and oxygen atoms in total. The van der Waals surface area contributed by atoms with Crippen LogP contribution in [-0.4, -0.2) is 41.6 Å². The Morgan fingerprint density at radius 1 is 1.43 bits per heavy atom. The van der Waals surface area contributed by atoms with E-state index in [9.17, 15) is 13.2 Å². The Labute approximate surface area is 124 Å². The Balaban J connectivity index is 1.62. The summed E-state index contributed by atoms with van der Waals surface area (Å²) >= 11 is 0. The third-order valence-electron chi connectivity index (χ3n) is 3.88. The van der Waals surface area contributed by atoms with E-state index < -0.39 is 10.0 Å². The van der Waals surface area contributed by atoms with Gasteiger partial charge in [-0.15, -0.1) is 0 Å². The minimum atomic E-state index is -3.22. The van der Waals surface area contributed by atoms with Gasteiger partial charge in [0.05, 0.1) is 25.0 Å². The normalized spacial score (nSPS) is 18.6. The zero-order valence-corrected chi connectivity index (χ0v) is 12.9. The molecule has 0 bridgehead atoms. The van der Waals surface area contributed by atoms with Crippen LogP contribution in [0.1, 0.15) is 30.8 Å². The molecule has 0 aromatic carbocycles. The van der Waals surface area contributed by atoms with Crippen molar-refractivity contribution < 1.29 is 13.2 Å². The number of nitrogens with one attached hydrogen (secondary N) is 1. The van der Waals surface area contributed by atoms with Crippen molar-refractivity contribution in [3.63, 3.8) is 0 Å². The van der Waals surface area contributed by atoms with Crippen LogP contribution in [0.2, 0.25) is 0 Å². The molecule has 2 heterocycles. The highest BCUT2D eigenvalue weighted by molar-refractivity contribution is 7.88. The summed E-state index contributed by atoms with van der Waals surface area (Å²) in [6.07, 6.45) is 5.99. The van der Waals surface area contributed by atoms with E-state index in [1.165, 1.54) is 12.8 Å². The van der Waals surface area contributed by atoms with E-state index in [0.29, 0.717) is 31.1 Å². The summed E-state index contributed by atoms with van der Waals surface area (Å²) in [5, 5.41) is 0. The molecule has 1 amide bonds. The molecule has 0 saturated heterocycles. The topological polar surface area (TPSA) is 84.3 Å². The SMILES string of the molecule is CS(=O)(=O)NCc1cn2c(n1)CN(C(=O)CC1CC1)CC2. The third kappa shape index (κ3) is 3.82. The molecular weight excluding hydrogens is 292 g/mol. The first-order chi connectivity index (χ1) is 9.90. The monoisotopic (exact) mass is 312 g/mol. The van der Waals surface area contributed by atoms with Gasteiger partial charge in [-0.3, -0.25) is 4.79 Å². The summed E-state index contributed by atoms with van der Waals surface area (Å²) in [5.74, 6) is 1.63. The summed E-state index contributed by atoms with van der Waals surface area (Å²) in [6.45, 7) is 2.13. The molecule has 21 heavy (non-hydrogen) atoms. The van der Waals surface area contributed by atoms with Crippen LogP contribution in [0.25, 0.3) is 0 Å². The van der Waals surface area contributed by atoms with Gasteiger partial charge >= 0.3 is 0 Å². The molecule has 2 aliphatic rings. The van der Waals surface area contributed by atoms with Crippen molar-refractivity contribution in [2.75, 3.05) is 12.8 Å². The number of nitrogens with zero attached hydrogens (tertiary/aromatic N) is 3. The second kappa shape index (κ2) is 5.42. The minimum Gasteiger partial charge on any atom is -0.333 e. The van der Waals surface area contributed by atoms with Crippen LogP contribution in [0.5, 0.6) is 0 Å². The number of hydrogen-bond acceptors (Lipinski definition) is 4. The molecule has 3 rings (SSSR count). The molecule has 1 N–H and O–H groups in total. The molecule has 8 heteroatoms. The number of imidazole rings is 1. The third-order valence-corrected chi connectivity index (χ3v) is 4.55. The molecule has 1 aliphatic heterocycles. The van der Waals surface area contributed by atoms with E-state index in [2.05, 4.69) is 9.71 Å². The maximum Gasteiger partial charge on any atom is 0.223 e. The van der Waals surface area contributed by atoms with Crippen molar-refractivity contribution in [1.29, 1.82) is 0 Å². The van der Waals surface area contributed by atoms with Gasteiger partial charge < -0.3 is 9.47 Å². The van der Waals surface area contributed by atoms with Crippen LogP contribution in [0, 0.1) is 5.92 Å². The molecule has 0 radical (unpaired) electrons. The fourth-order valence-corrected chi connectivity index (χ4v) is 2.92. The fourth-order valence-electron chi connectivity index (χ4n) is 2.51. The van der Waals surface area contributed by atoms with Gasteiger partial charge in [0.15, 0.2) is 0 Å². The van der Waals surface area contributed by atoms with Crippen molar-refractivity contribution in [2.45, 2.75) is 38.9 Å². The van der Waals surface area contributed by atoms with Gasteiger partial charge in [-0.2, -0.15) is 0 Å². The van der Waals surface area contributed by atoms with E-state index in [-0.39, 0.29) is 12.5 Å². The minimum absolute atomic E-state index is 0.189. The summed E-state index contributed by atoms with van der Waals surface area (Å²) < 4.78 is 26.6. The smallest absolute Gasteiger partial charge is 0.223 e. The van der Waals surface area contributed by atoms with Crippen molar-refractivity contribution >= 4 is 15.9 Å². The number of sulfonamides is 1. The molecule has 1 saturated carbocycles. The first-order valence-electron chi connectivity index (χ1n) is 7.18. The van der Waals surface area contributed by atoms with E-state index in [1.54, 1.807) is 0 Å². The number of hydrogen-bond donors (Lipinski definition) is 1. The van der Waals surface area contributed by atoms with Crippen molar-refractivity contribution in [1.82, 2.24) is 19.2 Å². The highest BCUT2D eigenvalue weighted by Gasteiger charge is 2.29. The van der Waals surface area contributed by atoms with Gasteiger partial charge in [0.25, 0.3) is 0 Å². The molecule has 0 atom stereocenters. The van der Waals surface area contributed by atoms with Crippen LogP contribution < -0.4 is 4.72 Å². The highest BCUT2D eigenvalue weighted by atomic mass is 32.2. The molecule has 1 aromatic heterocycles. The van der Waals surface area contributed by atoms with Gasteiger partial charge in [0.1, 0.15) is 5.82 Å². The molecule has 1 aromatic rings. The summed E-state index contributed by atoms with van der Waals surface area (Å²) in [5.41, 5.74) is 0.687. The Kier molecular flexibility index (Phi) is 3.75. The summed E-state index contributed by atoms with van der Waals surface area (Å²) in [6, 6.07) is 0. The second-order valence-corrected chi connectivity index (χ2v) is 7.73. The zero-order valence-electron chi connectivity index (χ0n) is 12.1. The van der Waals surface area contributed by atoms with Crippen LogP contribution in [0.3, 0.4) is 0 Å². The predicted octanol–water partition coefficient (Wildman–Crippen LogP) is 0.0746. The first kappa shape index (κ1) is 14.5. The lowest BCUT2D eigenvalue weighted by atomic mass is 10.2. The zero-order chi connectivity index (χ0) is 15.0. The fraction of sp³-hybridized carbons (Fsp3) is 0.692. The van der Waals surface area contributed by atoms with Crippen LogP contribution in [-0.2, 0) is 34.5 Å². The predicted molar refractivity (Wildman–Crippen MR) is 76.7 cm³/mol. The molecular formula is C13H20N4O3S.